The number of hydrogen-bond donors (Lipinski definition) is 1. The molecule has 3 nitrogen and oxygen atoms in total. The topological polar surface area (TPSA) is 42.0 Å². The molecule has 0 bridgehead atoms. The van der Waals surface area contributed by atoms with E-state index in [-0.39, 0.29) is 5.91 Å². The van der Waals surface area contributed by atoms with Crippen LogP contribution < -0.4 is 5.32 Å². The largest absolute Gasteiger partial charge is 0.354 e. The number of thiazole rings is 1. The second-order valence-electron chi connectivity index (χ2n) is 3.14. The molecule has 17 heavy (non-hydrogen) atoms. The van der Waals surface area contributed by atoms with Crippen molar-refractivity contribution in [3.05, 3.63) is 36.9 Å². The minimum absolute atomic E-state index is 0.0963. The average Bonchev–Trinajstić information content (AvgIpc) is 2.94. The Bertz CT molecular complexity index is 559. The summed E-state index contributed by atoms with van der Waals surface area (Å²) in [7, 11) is 1.61. The van der Waals surface area contributed by atoms with Crippen molar-refractivity contribution in [2.75, 3.05) is 7.05 Å². The minimum atomic E-state index is -0.0963. The van der Waals surface area contributed by atoms with Crippen LogP contribution in [0.1, 0.15) is 19.6 Å². The number of nitrogens with zero attached hydrogens (tertiary/aromatic N) is 1. The van der Waals surface area contributed by atoms with E-state index in [4.69, 9.17) is 0 Å². The first kappa shape index (κ1) is 12.5. The zero-order chi connectivity index (χ0) is 12.3. The molecular weight excluding hydrogens is 320 g/mol. The number of aromatic nitrogens is 1. The van der Waals surface area contributed by atoms with Crippen LogP contribution in [0.25, 0.3) is 12.2 Å². The molecule has 2 rings (SSSR count). The van der Waals surface area contributed by atoms with Crippen LogP contribution in [0.5, 0.6) is 0 Å². The molecule has 1 N–H and O–H groups in total. The molecule has 0 spiro atoms. The van der Waals surface area contributed by atoms with Crippen molar-refractivity contribution in [2.45, 2.75) is 0 Å². The van der Waals surface area contributed by atoms with E-state index in [0.29, 0.717) is 4.88 Å². The summed E-state index contributed by atoms with van der Waals surface area (Å²) in [4.78, 5) is 17.3. The molecule has 6 heteroatoms. The average molecular weight is 329 g/mol. The van der Waals surface area contributed by atoms with Gasteiger partial charge in [-0.15, -0.1) is 22.7 Å². The summed E-state index contributed by atoms with van der Waals surface area (Å²) in [5, 5.41) is 5.43. The van der Waals surface area contributed by atoms with E-state index >= 15 is 0 Å². The normalized spacial score (nSPS) is 10.9. The number of halogens is 1. The molecule has 0 saturated carbocycles. The zero-order valence-electron chi connectivity index (χ0n) is 8.94. The van der Waals surface area contributed by atoms with E-state index in [0.717, 1.165) is 14.4 Å². The smallest absolute Gasteiger partial charge is 0.262 e. The highest BCUT2D eigenvalue weighted by atomic mass is 79.9. The minimum Gasteiger partial charge on any atom is -0.354 e. The van der Waals surface area contributed by atoms with Gasteiger partial charge in [0.1, 0.15) is 9.88 Å². The molecule has 0 aliphatic carbocycles. The fraction of sp³-hybridized carbons (Fsp3) is 0.0909. The van der Waals surface area contributed by atoms with Gasteiger partial charge < -0.3 is 5.32 Å². The van der Waals surface area contributed by atoms with E-state index < -0.39 is 0 Å². The SMILES string of the molecule is CNC(=O)c1cnc(/C=C/c2cc(Br)cs2)s1. The van der Waals surface area contributed by atoms with E-state index in [2.05, 4.69) is 26.2 Å². The van der Waals surface area contributed by atoms with Gasteiger partial charge in [0.15, 0.2) is 0 Å². The molecule has 0 aliphatic rings. The molecule has 0 radical (unpaired) electrons. The summed E-state index contributed by atoms with van der Waals surface area (Å²) in [6.45, 7) is 0. The molecule has 2 aromatic heterocycles. The van der Waals surface area contributed by atoms with Gasteiger partial charge >= 0.3 is 0 Å². The van der Waals surface area contributed by atoms with Gasteiger partial charge in [-0.1, -0.05) is 0 Å². The van der Waals surface area contributed by atoms with Gasteiger partial charge in [-0.25, -0.2) is 4.98 Å². The number of hydrogen-bond acceptors (Lipinski definition) is 4. The van der Waals surface area contributed by atoms with E-state index in [9.17, 15) is 4.79 Å². The summed E-state index contributed by atoms with van der Waals surface area (Å²) in [6.07, 6.45) is 5.49. The number of nitrogens with one attached hydrogen (secondary N) is 1. The van der Waals surface area contributed by atoms with Crippen molar-refractivity contribution in [1.29, 1.82) is 0 Å². The summed E-state index contributed by atoms with van der Waals surface area (Å²) in [5.41, 5.74) is 0. The third-order valence-corrected chi connectivity index (χ3v) is 4.57. The maximum absolute atomic E-state index is 11.3. The second kappa shape index (κ2) is 5.57. The van der Waals surface area contributed by atoms with Gasteiger partial charge in [0.2, 0.25) is 0 Å². The third-order valence-electron chi connectivity index (χ3n) is 1.95. The van der Waals surface area contributed by atoms with Gasteiger partial charge in [-0.3, -0.25) is 4.79 Å². The lowest BCUT2D eigenvalue weighted by Crippen LogP contribution is -2.16. The number of carbonyl (C=O) groups excluding carboxylic acids is 1. The molecule has 88 valence electrons. The summed E-state index contributed by atoms with van der Waals surface area (Å²) < 4.78 is 1.08. The summed E-state index contributed by atoms with van der Waals surface area (Å²) in [5.74, 6) is -0.0963. The Labute approximate surface area is 115 Å². The lowest BCUT2D eigenvalue weighted by molar-refractivity contribution is 0.0967. The fourth-order valence-corrected chi connectivity index (χ4v) is 3.27. The van der Waals surface area contributed by atoms with Gasteiger partial charge in [0.25, 0.3) is 5.91 Å². The van der Waals surface area contributed by atoms with Crippen molar-refractivity contribution in [1.82, 2.24) is 10.3 Å². The van der Waals surface area contributed by atoms with Crippen LogP contribution in [0, 0.1) is 0 Å². The predicted octanol–water partition coefficient (Wildman–Crippen LogP) is 3.50. The molecular formula is C11H9BrN2OS2. The van der Waals surface area contributed by atoms with Crippen LogP contribution in [0.3, 0.4) is 0 Å². The summed E-state index contributed by atoms with van der Waals surface area (Å²) in [6, 6.07) is 2.04. The van der Waals surface area contributed by atoms with Gasteiger partial charge in [0.05, 0.1) is 6.20 Å². The molecule has 0 saturated heterocycles. The quantitative estimate of drug-likeness (QED) is 0.936. The molecule has 0 aliphatic heterocycles. The maximum atomic E-state index is 11.3. The van der Waals surface area contributed by atoms with Crippen LogP contribution in [0.2, 0.25) is 0 Å². The molecule has 2 aromatic rings. The van der Waals surface area contributed by atoms with Crippen LogP contribution in [-0.2, 0) is 0 Å². The molecule has 0 aromatic carbocycles. The number of amides is 1. The van der Waals surface area contributed by atoms with Crippen LogP contribution in [0.4, 0.5) is 0 Å². The first-order valence-electron chi connectivity index (χ1n) is 4.79. The standard InChI is InChI=1S/C11H9BrN2OS2/c1-13-11(15)9-5-14-10(17-9)3-2-8-4-7(12)6-16-8/h2-6H,1H3,(H,13,15)/b3-2+. The fourth-order valence-electron chi connectivity index (χ4n) is 1.16. The summed E-state index contributed by atoms with van der Waals surface area (Å²) >= 11 is 6.43. The highest BCUT2D eigenvalue weighted by Gasteiger charge is 2.06. The Balaban J connectivity index is 2.11. The van der Waals surface area contributed by atoms with Gasteiger partial charge in [-0.2, -0.15) is 0 Å². The predicted molar refractivity (Wildman–Crippen MR) is 76.5 cm³/mol. The third kappa shape index (κ3) is 3.24. The second-order valence-corrected chi connectivity index (χ2v) is 6.06. The van der Waals surface area contributed by atoms with Crippen molar-refractivity contribution in [3.63, 3.8) is 0 Å². The van der Waals surface area contributed by atoms with Crippen molar-refractivity contribution in [3.8, 4) is 0 Å². The Morgan fingerprint density at radius 1 is 1.53 bits per heavy atom. The Kier molecular flexibility index (Phi) is 4.09. The van der Waals surface area contributed by atoms with Crippen molar-refractivity contribution < 1.29 is 4.79 Å². The molecule has 0 fully saturated rings. The number of carbonyl (C=O) groups is 1. The Hall–Kier alpha value is -0.980. The van der Waals surface area contributed by atoms with E-state index in [1.807, 2.05) is 23.6 Å². The maximum Gasteiger partial charge on any atom is 0.262 e. The molecule has 0 atom stereocenters. The van der Waals surface area contributed by atoms with Crippen LogP contribution in [0.15, 0.2) is 22.1 Å². The van der Waals surface area contributed by atoms with Crippen molar-refractivity contribution >= 4 is 56.7 Å². The zero-order valence-corrected chi connectivity index (χ0v) is 12.2. The first-order chi connectivity index (χ1) is 8.19. The number of rotatable bonds is 3. The lowest BCUT2D eigenvalue weighted by atomic mass is 10.4. The first-order valence-corrected chi connectivity index (χ1v) is 7.28. The van der Waals surface area contributed by atoms with E-state index in [1.165, 1.54) is 11.3 Å². The van der Waals surface area contributed by atoms with Crippen LogP contribution >= 0.6 is 38.6 Å². The van der Waals surface area contributed by atoms with Gasteiger partial charge in [0, 0.05) is 21.8 Å². The van der Waals surface area contributed by atoms with Crippen molar-refractivity contribution in [2.24, 2.45) is 0 Å². The van der Waals surface area contributed by atoms with Crippen LogP contribution in [-0.4, -0.2) is 17.9 Å². The van der Waals surface area contributed by atoms with E-state index in [1.54, 1.807) is 24.6 Å². The Morgan fingerprint density at radius 2 is 2.35 bits per heavy atom. The Morgan fingerprint density at radius 3 is 3.00 bits per heavy atom. The number of thiophene rings is 1. The lowest BCUT2D eigenvalue weighted by Gasteiger charge is -1.90. The highest BCUT2D eigenvalue weighted by Crippen LogP contribution is 2.22. The molecule has 2 heterocycles. The molecule has 0 unspecified atom stereocenters. The monoisotopic (exact) mass is 328 g/mol. The molecule has 1 amide bonds. The highest BCUT2D eigenvalue weighted by molar-refractivity contribution is 9.10. The van der Waals surface area contributed by atoms with Gasteiger partial charge in [-0.05, 0) is 34.1 Å².